The largest absolute Gasteiger partial charge is 0.493 e. The zero-order chi connectivity index (χ0) is 16.1. The monoisotopic (exact) mass is 341 g/mol. The molecule has 22 heavy (non-hydrogen) atoms. The van der Waals surface area contributed by atoms with E-state index in [1.807, 2.05) is 12.2 Å². The van der Waals surface area contributed by atoms with Crippen LogP contribution in [0.15, 0.2) is 34.3 Å². The Morgan fingerprint density at radius 2 is 1.95 bits per heavy atom. The molecule has 2 rings (SSSR count). The Hall–Kier alpha value is -1.16. The van der Waals surface area contributed by atoms with Crippen LogP contribution in [-0.2, 0) is 6.42 Å². The molecular weight excluding hydrogens is 321 g/mol. The first kappa shape index (κ1) is 17.2. The van der Waals surface area contributed by atoms with Crippen molar-refractivity contribution in [3.05, 3.63) is 45.5 Å². The van der Waals surface area contributed by atoms with Gasteiger partial charge >= 0.3 is 0 Å². The van der Waals surface area contributed by atoms with Crippen LogP contribution in [0.25, 0.3) is 0 Å². The summed E-state index contributed by atoms with van der Waals surface area (Å²) in [5.41, 5.74) is 2.54. The molecule has 1 aliphatic rings. The quantitative estimate of drug-likeness (QED) is 0.797. The maximum Gasteiger partial charge on any atom is 0.161 e. The number of fused-ring (bicyclic) bond motifs is 1. The summed E-state index contributed by atoms with van der Waals surface area (Å²) in [5, 5.41) is 4.70. The van der Waals surface area contributed by atoms with Crippen molar-refractivity contribution in [3.63, 3.8) is 0 Å². The fraction of sp³-hybridized carbons (Fsp3) is 0.412. The number of benzene rings is 1. The molecule has 1 heterocycles. The first-order valence-electron chi connectivity index (χ1n) is 7.23. The van der Waals surface area contributed by atoms with Crippen molar-refractivity contribution in [2.24, 2.45) is 0 Å². The van der Waals surface area contributed by atoms with Crippen LogP contribution in [0.5, 0.6) is 11.5 Å². The van der Waals surface area contributed by atoms with Gasteiger partial charge in [-0.25, -0.2) is 0 Å². The van der Waals surface area contributed by atoms with Gasteiger partial charge in [-0.3, -0.25) is 0 Å². The van der Waals surface area contributed by atoms with Gasteiger partial charge in [0.15, 0.2) is 11.5 Å². The molecule has 0 saturated heterocycles. The van der Waals surface area contributed by atoms with E-state index in [9.17, 15) is 0 Å². The average Bonchev–Trinajstić information content (AvgIpc) is 2.53. The third-order valence-corrected chi connectivity index (χ3v) is 4.48. The van der Waals surface area contributed by atoms with Gasteiger partial charge in [-0.05, 0) is 55.6 Å². The minimum absolute atomic E-state index is 0.236. The number of allylic oxidation sites excluding steroid dienone is 3. The number of ether oxygens (including phenoxy) is 2. The van der Waals surface area contributed by atoms with Crippen molar-refractivity contribution in [1.29, 1.82) is 0 Å². The highest BCUT2D eigenvalue weighted by Gasteiger charge is 2.21. The predicted octanol–water partition coefficient (Wildman–Crippen LogP) is 4.55. The molecule has 0 radical (unpaired) electrons. The maximum atomic E-state index is 6.02. The molecule has 1 aliphatic heterocycles. The van der Waals surface area contributed by atoms with Crippen LogP contribution >= 0.6 is 23.2 Å². The SMILES string of the molecule is COc1cc2c(cc1OC)C(CC=CC(Cl)=C(C)Cl)NCC2. The van der Waals surface area contributed by atoms with Crippen molar-refractivity contribution in [1.82, 2.24) is 5.32 Å². The summed E-state index contributed by atoms with van der Waals surface area (Å²) in [7, 11) is 3.32. The Balaban J connectivity index is 2.23. The summed E-state index contributed by atoms with van der Waals surface area (Å²) in [4.78, 5) is 0. The molecule has 1 N–H and O–H groups in total. The van der Waals surface area contributed by atoms with E-state index in [1.54, 1.807) is 21.1 Å². The molecule has 120 valence electrons. The van der Waals surface area contributed by atoms with Gasteiger partial charge in [-0.2, -0.15) is 0 Å². The van der Waals surface area contributed by atoms with E-state index in [4.69, 9.17) is 32.7 Å². The van der Waals surface area contributed by atoms with Crippen molar-refractivity contribution >= 4 is 23.2 Å². The number of rotatable bonds is 5. The molecule has 0 fully saturated rings. The second-order valence-corrected chi connectivity index (χ2v) is 6.16. The van der Waals surface area contributed by atoms with Gasteiger partial charge in [0.05, 0.1) is 19.3 Å². The molecule has 1 aromatic rings. The zero-order valence-corrected chi connectivity index (χ0v) is 14.6. The summed E-state index contributed by atoms with van der Waals surface area (Å²) >= 11 is 11.9. The lowest BCUT2D eigenvalue weighted by Gasteiger charge is -2.27. The van der Waals surface area contributed by atoms with Crippen LogP contribution in [0.2, 0.25) is 0 Å². The van der Waals surface area contributed by atoms with Crippen LogP contribution in [-0.4, -0.2) is 20.8 Å². The highest BCUT2D eigenvalue weighted by Crippen LogP contribution is 2.36. The van der Waals surface area contributed by atoms with Gasteiger partial charge in [0.1, 0.15) is 0 Å². The zero-order valence-electron chi connectivity index (χ0n) is 13.1. The number of hydrogen-bond donors (Lipinski definition) is 1. The van der Waals surface area contributed by atoms with E-state index >= 15 is 0 Å². The molecule has 3 nitrogen and oxygen atoms in total. The fourth-order valence-electron chi connectivity index (χ4n) is 2.60. The van der Waals surface area contributed by atoms with Crippen molar-refractivity contribution in [3.8, 4) is 11.5 Å². The van der Waals surface area contributed by atoms with Gasteiger partial charge in [0.2, 0.25) is 0 Å². The van der Waals surface area contributed by atoms with Crippen molar-refractivity contribution < 1.29 is 9.47 Å². The summed E-state index contributed by atoms with van der Waals surface area (Å²) < 4.78 is 10.8. The summed E-state index contributed by atoms with van der Waals surface area (Å²) in [6.45, 7) is 2.72. The molecule has 1 aromatic carbocycles. The average molecular weight is 342 g/mol. The van der Waals surface area contributed by atoms with E-state index in [-0.39, 0.29) is 6.04 Å². The lowest BCUT2D eigenvalue weighted by molar-refractivity contribution is 0.352. The van der Waals surface area contributed by atoms with Crippen molar-refractivity contribution in [2.45, 2.75) is 25.8 Å². The smallest absolute Gasteiger partial charge is 0.161 e. The van der Waals surface area contributed by atoms with E-state index in [0.29, 0.717) is 10.1 Å². The summed E-state index contributed by atoms with van der Waals surface area (Å²) in [6.07, 6.45) is 5.71. The minimum atomic E-state index is 0.236. The van der Waals surface area contributed by atoms with Gasteiger partial charge in [-0.1, -0.05) is 29.3 Å². The molecular formula is C17H21Cl2NO2. The maximum absolute atomic E-state index is 6.02. The third-order valence-electron chi connectivity index (χ3n) is 3.77. The first-order chi connectivity index (χ1) is 10.6. The molecule has 0 saturated carbocycles. The summed E-state index contributed by atoms with van der Waals surface area (Å²) in [6, 6.07) is 4.37. The molecule has 1 unspecified atom stereocenters. The van der Waals surface area contributed by atoms with Gasteiger partial charge < -0.3 is 14.8 Å². The van der Waals surface area contributed by atoms with E-state index < -0.39 is 0 Å². The minimum Gasteiger partial charge on any atom is -0.493 e. The lowest BCUT2D eigenvalue weighted by Crippen LogP contribution is -2.29. The van der Waals surface area contributed by atoms with Gasteiger partial charge in [0.25, 0.3) is 0 Å². The molecule has 0 aliphatic carbocycles. The van der Waals surface area contributed by atoms with Gasteiger partial charge in [-0.15, -0.1) is 0 Å². The third kappa shape index (κ3) is 3.97. The van der Waals surface area contributed by atoms with E-state index in [0.717, 1.165) is 30.9 Å². The molecule has 0 amide bonds. The highest BCUT2D eigenvalue weighted by molar-refractivity contribution is 6.39. The number of methoxy groups -OCH3 is 2. The van der Waals surface area contributed by atoms with Gasteiger partial charge in [0, 0.05) is 11.1 Å². The lowest BCUT2D eigenvalue weighted by atomic mass is 9.91. The van der Waals surface area contributed by atoms with Crippen LogP contribution in [0, 0.1) is 0 Å². The normalized spacial score (nSPS) is 18.9. The topological polar surface area (TPSA) is 30.5 Å². The molecule has 5 heteroatoms. The number of hydrogen-bond acceptors (Lipinski definition) is 3. The Labute approximate surface area is 141 Å². The number of nitrogens with one attached hydrogen (secondary N) is 1. The first-order valence-corrected chi connectivity index (χ1v) is 7.99. The summed E-state index contributed by atoms with van der Waals surface area (Å²) in [5.74, 6) is 1.54. The molecule has 1 atom stereocenters. The second-order valence-electron chi connectivity index (χ2n) is 5.18. The Kier molecular flexibility index (Phi) is 6.18. The molecule has 0 spiro atoms. The van der Waals surface area contributed by atoms with Crippen LogP contribution in [0.1, 0.15) is 30.5 Å². The number of halogens is 2. The standard InChI is InChI=1S/C17H21Cl2NO2/c1-11(18)14(19)5-4-6-15-13-10-17(22-3)16(21-2)9-12(13)7-8-20-15/h4-5,9-10,15,20H,6-8H2,1-3H3. The predicted molar refractivity (Wildman–Crippen MR) is 92.2 cm³/mol. The van der Waals surface area contributed by atoms with Crippen LogP contribution in [0.4, 0.5) is 0 Å². The Morgan fingerprint density at radius 3 is 2.59 bits per heavy atom. The van der Waals surface area contributed by atoms with Crippen molar-refractivity contribution in [2.75, 3.05) is 20.8 Å². The molecule has 0 aromatic heterocycles. The Bertz CT molecular complexity index is 593. The second kappa shape index (κ2) is 7.91. The highest BCUT2D eigenvalue weighted by atomic mass is 35.5. The fourth-order valence-corrected chi connectivity index (χ4v) is 2.75. The molecule has 0 bridgehead atoms. The Morgan fingerprint density at radius 1 is 1.27 bits per heavy atom. The van der Waals surface area contributed by atoms with E-state index in [2.05, 4.69) is 17.4 Å². The van der Waals surface area contributed by atoms with E-state index in [1.165, 1.54) is 11.1 Å². The van der Waals surface area contributed by atoms with Crippen LogP contribution in [0.3, 0.4) is 0 Å². The van der Waals surface area contributed by atoms with Crippen LogP contribution < -0.4 is 14.8 Å².